The normalized spacial score (nSPS) is 11.3. The van der Waals surface area contributed by atoms with E-state index in [4.69, 9.17) is 4.74 Å². The van der Waals surface area contributed by atoms with E-state index in [1.807, 2.05) is 0 Å². The van der Waals surface area contributed by atoms with Gasteiger partial charge in [0.25, 0.3) is 5.91 Å². The maximum atomic E-state index is 12.4. The van der Waals surface area contributed by atoms with E-state index in [1.54, 1.807) is 31.2 Å². The summed E-state index contributed by atoms with van der Waals surface area (Å²) in [5, 5.41) is 2.62. The topological polar surface area (TPSA) is 90.9 Å². The van der Waals surface area contributed by atoms with E-state index in [-0.39, 0.29) is 16.8 Å². The van der Waals surface area contributed by atoms with Crippen LogP contribution in [-0.2, 0) is 14.3 Å². The zero-order chi connectivity index (χ0) is 20.0. The first-order chi connectivity index (χ1) is 12.8. The number of carbonyl (C=O) groups is 3. The molecule has 0 unspecified atom stereocenters. The van der Waals surface area contributed by atoms with Gasteiger partial charge in [-0.3, -0.25) is 4.79 Å². The zero-order valence-corrected chi connectivity index (χ0v) is 16.5. The standard InChI is InChI=1S/C19H18BrNO6/c1-11(27-16-6-4-14(20)5-7-16)17(22)21-15-9-12(18(23)25-2)8-13(10-15)19(24)26-3/h4-11H,1-3H3,(H,21,22)/t11-/m0/s1. The molecule has 0 aliphatic carbocycles. The van der Waals surface area contributed by atoms with Gasteiger partial charge in [-0.2, -0.15) is 0 Å². The molecule has 1 atom stereocenters. The molecule has 7 nitrogen and oxygen atoms in total. The van der Waals surface area contributed by atoms with E-state index in [0.717, 1.165) is 4.47 Å². The molecule has 1 N–H and O–H groups in total. The molecule has 2 aromatic rings. The second-order valence-corrected chi connectivity index (χ2v) is 6.40. The first-order valence-electron chi connectivity index (χ1n) is 7.89. The van der Waals surface area contributed by atoms with Crippen molar-refractivity contribution < 1.29 is 28.6 Å². The third-order valence-corrected chi connectivity index (χ3v) is 4.07. The molecule has 1 amide bonds. The summed E-state index contributed by atoms with van der Waals surface area (Å²) >= 11 is 3.32. The minimum absolute atomic E-state index is 0.109. The van der Waals surface area contributed by atoms with Crippen LogP contribution in [0.4, 0.5) is 5.69 Å². The van der Waals surface area contributed by atoms with Gasteiger partial charge in [0.2, 0.25) is 0 Å². The van der Waals surface area contributed by atoms with Crippen LogP contribution in [0.2, 0.25) is 0 Å². The number of esters is 2. The number of anilines is 1. The number of benzene rings is 2. The van der Waals surface area contributed by atoms with Crippen molar-refractivity contribution in [1.82, 2.24) is 0 Å². The molecule has 0 heterocycles. The number of hydrogen-bond donors (Lipinski definition) is 1. The van der Waals surface area contributed by atoms with Crippen LogP contribution in [0.15, 0.2) is 46.9 Å². The van der Waals surface area contributed by atoms with E-state index < -0.39 is 23.9 Å². The van der Waals surface area contributed by atoms with Crippen LogP contribution in [0.25, 0.3) is 0 Å². The predicted octanol–water partition coefficient (Wildman–Crippen LogP) is 3.43. The molecule has 0 fully saturated rings. The van der Waals surface area contributed by atoms with Crippen molar-refractivity contribution in [2.75, 3.05) is 19.5 Å². The molecule has 0 aliphatic rings. The van der Waals surface area contributed by atoms with Gasteiger partial charge < -0.3 is 19.5 Å². The van der Waals surface area contributed by atoms with Crippen LogP contribution < -0.4 is 10.1 Å². The number of ether oxygens (including phenoxy) is 3. The zero-order valence-electron chi connectivity index (χ0n) is 14.9. The summed E-state index contributed by atoms with van der Waals surface area (Å²) in [7, 11) is 2.44. The molecular weight excluding hydrogens is 418 g/mol. The fourth-order valence-corrected chi connectivity index (χ4v) is 2.45. The molecule has 0 aromatic heterocycles. The molecule has 27 heavy (non-hydrogen) atoms. The third kappa shape index (κ3) is 5.55. The van der Waals surface area contributed by atoms with Crippen molar-refractivity contribution in [3.63, 3.8) is 0 Å². The molecule has 0 bridgehead atoms. The Hall–Kier alpha value is -2.87. The summed E-state index contributed by atoms with van der Waals surface area (Å²) in [6.07, 6.45) is -0.811. The predicted molar refractivity (Wildman–Crippen MR) is 102 cm³/mol. The summed E-state index contributed by atoms with van der Waals surface area (Å²) in [5.41, 5.74) is 0.462. The van der Waals surface area contributed by atoms with Gasteiger partial charge in [0.15, 0.2) is 6.10 Å². The van der Waals surface area contributed by atoms with E-state index >= 15 is 0 Å². The van der Waals surface area contributed by atoms with Crippen molar-refractivity contribution in [2.24, 2.45) is 0 Å². The number of amides is 1. The Labute approximate surface area is 164 Å². The summed E-state index contributed by atoms with van der Waals surface area (Å²) in [4.78, 5) is 36.0. The second kappa shape index (κ2) is 9.18. The largest absolute Gasteiger partial charge is 0.481 e. The highest BCUT2D eigenvalue weighted by atomic mass is 79.9. The van der Waals surface area contributed by atoms with E-state index in [9.17, 15) is 14.4 Å². The van der Waals surface area contributed by atoms with Gasteiger partial charge >= 0.3 is 11.9 Å². The van der Waals surface area contributed by atoms with Crippen LogP contribution in [0.1, 0.15) is 27.6 Å². The van der Waals surface area contributed by atoms with Gasteiger partial charge in [-0.1, -0.05) is 15.9 Å². The van der Waals surface area contributed by atoms with E-state index in [2.05, 4.69) is 30.7 Å². The van der Waals surface area contributed by atoms with Gasteiger partial charge in [-0.25, -0.2) is 9.59 Å². The fourth-order valence-electron chi connectivity index (χ4n) is 2.19. The maximum Gasteiger partial charge on any atom is 0.337 e. The lowest BCUT2D eigenvalue weighted by molar-refractivity contribution is -0.122. The molecule has 0 radical (unpaired) electrons. The third-order valence-electron chi connectivity index (χ3n) is 3.54. The Morgan fingerprint density at radius 2 is 1.44 bits per heavy atom. The molecule has 8 heteroatoms. The Bertz CT molecular complexity index is 816. The monoisotopic (exact) mass is 435 g/mol. The summed E-state index contributed by atoms with van der Waals surface area (Å²) in [6.45, 7) is 1.59. The van der Waals surface area contributed by atoms with Crippen LogP contribution in [0, 0.1) is 0 Å². The average molecular weight is 436 g/mol. The van der Waals surface area contributed by atoms with Crippen LogP contribution in [0.5, 0.6) is 5.75 Å². The quantitative estimate of drug-likeness (QED) is 0.698. The lowest BCUT2D eigenvalue weighted by atomic mass is 10.1. The number of nitrogens with one attached hydrogen (secondary N) is 1. The highest BCUT2D eigenvalue weighted by Gasteiger charge is 2.18. The molecule has 0 aliphatic heterocycles. The highest BCUT2D eigenvalue weighted by molar-refractivity contribution is 9.10. The van der Waals surface area contributed by atoms with Crippen molar-refractivity contribution in [2.45, 2.75) is 13.0 Å². The Morgan fingerprint density at radius 3 is 1.93 bits per heavy atom. The molecule has 0 saturated carbocycles. The summed E-state index contributed by atoms with van der Waals surface area (Å²) in [6, 6.07) is 11.2. The first-order valence-corrected chi connectivity index (χ1v) is 8.68. The first kappa shape index (κ1) is 20.4. The van der Waals surface area contributed by atoms with Crippen molar-refractivity contribution in [3.8, 4) is 5.75 Å². The molecule has 2 rings (SSSR count). The molecule has 142 valence electrons. The average Bonchev–Trinajstić information content (AvgIpc) is 2.67. The van der Waals surface area contributed by atoms with Gasteiger partial charge in [0, 0.05) is 10.2 Å². The lowest BCUT2D eigenvalue weighted by Gasteiger charge is -2.15. The van der Waals surface area contributed by atoms with Crippen molar-refractivity contribution in [3.05, 3.63) is 58.1 Å². The minimum Gasteiger partial charge on any atom is -0.481 e. The van der Waals surface area contributed by atoms with Crippen molar-refractivity contribution >= 4 is 39.5 Å². The van der Waals surface area contributed by atoms with E-state index in [0.29, 0.717) is 5.75 Å². The van der Waals surface area contributed by atoms with Crippen LogP contribution in [-0.4, -0.2) is 38.2 Å². The van der Waals surface area contributed by atoms with Crippen LogP contribution >= 0.6 is 15.9 Å². The highest BCUT2D eigenvalue weighted by Crippen LogP contribution is 2.20. The summed E-state index contributed by atoms with van der Waals surface area (Å²) < 4.78 is 15.8. The van der Waals surface area contributed by atoms with Crippen molar-refractivity contribution in [1.29, 1.82) is 0 Å². The van der Waals surface area contributed by atoms with E-state index in [1.165, 1.54) is 32.4 Å². The Kier molecular flexibility index (Phi) is 6.95. The summed E-state index contributed by atoms with van der Waals surface area (Å²) in [5.74, 6) is -1.21. The minimum atomic E-state index is -0.811. The Balaban J connectivity index is 2.18. The van der Waals surface area contributed by atoms with Gasteiger partial charge in [-0.15, -0.1) is 0 Å². The smallest absolute Gasteiger partial charge is 0.337 e. The number of halogens is 1. The number of hydrogen-bond acceptors (Lipinski definition) is 6. The molecule has 2 aromatic carbocycles. The second-order valence-electron chi connectivity index (χ2n) is 5.49. The number of carbonyl (C=O) groups excluding carboxylic acids is 3. The van der Waals surface area contributed by atoms with Gasteiger partial charge in [0.1, 0.15) is 5.75 Å². The molecule has 0 saturated heterocycles. The van der Waals surface area contributed by atoms with Crippen LogP contribution in [0.3, 0.4) is 0 Å². The number of methoxy groups -OCH3 is 2. The number of rotatable bonds is 6. The molecule has 0 spiro atoms. The Morgan fingerprint density at radius 1 is 0.926 bits per heavy atom. The lowest BCUT2D eigenvalue weighted by Crippen LogP contribution is -2.30. The molecular formula is C19H18BrNO6. The maximum absolute atomic E-state index is 12.4. The SMILES string of the molecule is COC(=O)c1cc(NC(=O)[C@H](C)Oc2ccc(Br)cc2)cc(C(=O)OC)c1. The van der Waals surface area contributed by atoms with Gasteiger partial charge in [-0.05, 0) is 49.4 Å². The fraction of sp³-hybridized carbons (Fsp3) is 0.211. The van der Waals surface area contributed by atoms with Gasteiger partial charge in [0.05, 0.1) is 25.3 Å².